The molecule has 1 aliphatic rings. The molecule has 2 rings (SSSR count). The summed E-state index contributed by atoms with van der Waals surface area (Å²) < 4.78 is 9.68. The van der Waals surface area contributed by atoms with Gasteiger partial charge in [-0.05, 0) is 36.8 Å². The molecule has 1 aromatic rings. The predicted molar refractivity (Wildman–Crippen MR) is 71.8 cm³/mol. The number of benzene rings is 1. The van der Waals surface area contributed by atoms with Crippen molar-refractivity contribution in [1.29, 1.82) is 0 Å². The standard InChI is InChI=1S/C14H17NO5/c1-19-6-5-9-7-11(9)12-8-10(14(16)20-2)3-4-13(12)15(17)18/h3-4,8-9,11H,5-7H2,1-2H3/t9-,11?/m1/s1. The molecule has 2 atom stereocenters. The molecule has 0 spiro atoms. The highest BCUT2D eigenvalue weighted by molar-refractivity contribution is 5.90. The summed E-state index contributed by atoms with van der Waals surface area (Å²) >= 11 is 0. The van der Waals surface area contributed by atoms with E-state index in [0.717, 1.165) is 12.8 Å². The lowest BCUT2D eigenvalue weighted by atomic mass is 10.0. The fourth-order valence-corrected chi connectivity index (χ4v) is 2.48. The van der Waals surface area contributed by atoms with Gasteiger partial charge in [-0.1, -0.05) is 0 Å². The number of nitrogens with zero attached hydrogens (tertiary/aromatic N) is 1. The predicted octanol–water partition coefficient (Wildman–Crippen LogP) is 2.52. The van der Waals surface area contributed by atoms with E-state index >= 15 is 0 Å². The van der Waals surface area contributed by atoms with Crippen molar-refractivity contribution < 1.29 is 19.2 Å². The summed E-state index contributed by atoms with van der Waals surface area (Å²) in [5, 5.41) is 11.1. The van der Waals surface area contributed by atoms with Crippen LogP contribution >= 0.6 is 0 Å². The fraction of sp³-hybridized carbons (Fsp3) is 0.500. The zero-order valence-corrected chi connectivity index (χ0v) is 11.5. The van der Waals surface area contributed by atoms with Gasteiger partial charge in [0.1, 0.15) is 0 Å². The van der Waals surface area contributed by atoms with E-state index < -0.39 is 10.9 Å². The number of nitro benzene ring substituents is 1. The second-order valence-electron chi connectivity index (χ2n) is 4.91. The van der Waals surface area contributed by atoms with Crippen LogP contribution in [0.3, 0.4) is 0 Å². The number of nitro groups is 1. The van der Waals surface area contributed by atoms with Crippen LogP contribution in [0.15, 0.2) is 18.2 Å². The highest BCUT2D eigenvalue weighted by atomic mass is 16.6. The Kier molecular flexibility index (Phi) is 4.34. The van der Waals surface area contributed by atoms with Gasteiger partial charge in [-0.3, -0.25) is 10.1 Å². The third-order valence-electron chi connectivity index (χ3n) is 3.66. The van der Waals surface area contributed by atoms with Gasteiger partial charge in [0.2, 0.25) is 0 Å². The van der Waals surface area contributed by atoms with Gasteiger partial charge in [0.25, 0.3) is 5.69 Å². The average molecular weight is 279 g/mol. The van der Waals surface area contributed by atoms with Crippen molar-refractivity contribution in [2.75, 3.05) is 20.8 Å². The van der Waals surface area contributed by atoms with Crippen molar-refractivity contribution in [2.24, 2.45) is 5.92 Å². The summed E-state index contributed by atoms with van der Waals surface area (Å²) in [7, 11) is 2.93. The lowest BCUT2D eigenvalue weighted by Gasteiger charge is -2.05. The zero-order chi connectivity index (χ0) is 14.7. The van der Waals surface area contributed by atoms with E-state index in [1.54, 1.807) is 13.2 Å². The molecule has 1 fully saturated rings. The van der Waals surface area contributed by atoms with E-state index in [1.165, 1.54) is 19.2 Å². The molecule has 6 nitrogen and oxygen atoms in total. The van der Waals surface area contributed by atoms with Crippen molar-refractivity contribution in [3.8, 4) is 0 Å². The number of esters is 1. The number of hydrogen-bond acceptors (Lipinski definition) is 5. The Morgan fingerprint density at radius 1 is 1.45 bits per heavy atom. The molecule has 108 valence electrons. The summed E-state index contributed by atoms with van der Waals surface area (Å²) in [4.78, 5) is 22.2. The van der Waals surface area contributed by atoms with E-state index in [-0.39, 0.29) is 11.6 Å². The molecule has 1 aliphatic carbocycles. The van der Waals surface area contributed by atoms with Crippen molar-refractivity contribution in [3.63, 3.8) is 0 Å². The molecule has 0 aromatic heterocycles. The van der Waals surface area contributed by atoms with Crippen molar-refractivity contribution in [3.05, 3.63) is 39.4 Å². The van der Waals surface area contributed by atoms with Gasteiger partial charge < -0.3 is 9.47 Å². The van der Waals surface area contributed by atoms with E-state index in [1.807, 2.05) is 0 Å². The molecular weight excluding hydrogens is 262 g/mol. The molecule has 0 heterocycles. The highest BCUT2D eigenvalue weighted by Crippen LogP contribution is 2.52. The topological polar surface area (TPSA) is 78.7 Å². The molecule has 0 saturated heterocycles. The van der Waals surface area contributed by atoms with Crippen LogP contribution < -0.4 is 0 Å². The second-order valence-corrected chi connectivity index (χ2v) is 4.91. The third-order valence-corrected chi connectivity index (χ3v) is 3.66. The Balaban J connectivity index is 2.25. The van der Waals surface area contributed by atoms with Gasteiger partial charge in [0.05, 0.1) is 17.6 Å². The smallest absolute Gasteiger partial charge is 0.337 e. The molecule has 20 heavy (non-hydrogen) atoms. The van der Waals surface area contributed by atoms with Gasteiger partial charge >= 0.3 is 5.97 Å². The molecule has 1 aromatic carbocycles. The second kappa shape index (κ2) is 6.00. The number of hydrogen-bond donors (Lipinski definition) is 0. The van der Waals surface area contributed by atoms with Gasteiger partial charge in [0.15, 0.2) is 0 Å². The first-order valence-corrected chi connectivity index (χ1v) is 6.44. The maximum atomic E-state index is 11.5. The normalized spacial score (nSPS) is 20.5. The molecule has 0 aliphatic heterocycles. The van der Waals surface area contributed by atoms with E-state index in [2.05, 4.69) is 4.74 Å². The number of rotatable bonds is 6. The zero-order valence-electron chi connectivity index (χ0n) is 11.5. The highest BCUT2D eigenvalue weighted by Gasteiger charge is 2.41. The summed E-state index contributed by atoms with van der Waals surface area (Å²) in [6.45, 7) is 0.645. The van der Waals surface area contributed by atoms with Crippen LogP contribution in [-0.2, 0) is 9.47 Å². The molecule has 1 saturated carbocycles. The summed E-state index contributed by atoms with van der Waals surface area (Å²) in [6, 6.07) is 4.40. The van der Waals surface area contributed by atoms with Crippen LogP contribution in [-0.4, -0.2) is 31.7 Å². The first kappa shape index (κ1) is 14.5. The number of carbonyl (C=O) groups is 1. The Morgan fingerprint density at radius 2 is 2.20 bits per heavy atom. The van der Waals surface area contributed by atoms with Crippen LogP contribution in [0.1, 0.15) is 34.7 Å². The molecule has 0 bridgehead atoms. The Labute approximate surface area is 116 Å². The first-order chi connectivity index (χ1) is 9.58. The molecule has 6 heteroatoms. The minimum Gasteiger partial charge on any atom is -0.465 e. The Hall–Kier alpha value is -1.95. The lowest BCUT2D eigenvalue weighted by Crippen LogP contribution is -2.04. The maximum Gasteiger partial charge on any atom is 0.337 e. The summed E-state index contributed by atoms with van der Waals surface area (Å²) in [5.41, 5.74) is 1.05. The minimum atomic E-state index is -0.477. The van der Waals surface area contributed by atoms with Gasteiger partial charge in [-0.2, -0.15) is 0 Å². The van der Waals surface area contributed by atoms with Crippen LogP contribution in [0.4, 0.5) is 5.69 Å². The third kappa shape index (κ3) is 2.96. The molecule has 0 amide bonds. The largest absolute Gasteiger partial charge is 0.465 e. The van der Waals surface area contributed by atoms with Crippen LogP contribution in [0.2, 0.25) is 0 Å². The Morgan fingerprint density at radius 3 is 2.80 bits per heavy atom. The SMILES string of the molecule is COCC[C@@H]1CC1c1cc(C(=O)OC)ccc1[N+](=O)[O-]. The maximum absolute atomic E-state index is 11.5. The van der Waals surface area contributed by atoms with Gasteiger partial charge in [0, 0.05) is 25.3 Å². The number of ether oxygens (including phenoxy) is 2. The van der Waals surface area contributed by atoms with Crippen LogP contribution in [0, 0.1) is 16.0 Å². The van der Waals surface area contributed by atoms with E-state index in [9.17, 15) is 14.9 Å². The molecular formula is C14H17NO5. The summed E-state index contributed by atoms with van der Waals surface area (Å²) in [5.74, 6) is 0.0481. The Bertz CT molecular complexity index is 528. The molecule has 1 unspecified atom stereocenters. The number of methoxy groups -OCH3 is 2. The van der Waals surface area contributed by atoms with Gasteiger partial charge in [-0.25, -0.2) is 4.79 Å². The van der Waals surface area contributed by atoms with Crippen LogP contribution in [0.25, 0.3) is 0 Å². The van der Waals surface area contributed by atoms with Gasteiger partial charge in [-0.15, -0.1) is 0 Å². The van der Waals surface area contributed by atoms with Crippen molar-refractivity contribution in [2.45, 2.75) is 18.8 Å². The fourth-order valence-electron chi connectivity index (χ4n) is 2.48. The van der Waals surface area contributed by atoms with Crippen molar-refractivity contribution >= 4 is 11.7 Å². The van der Waals surface area contributed by atoms with Crippen LogP contribution in [0.5, 0.6) is 0 Å². The lowest BCUT2D eigenvalue weighted by molar-refractivity contribution is -0.385. The van der Waals surface area contributed by atoms with E-state index in [4.69, 9.17) is 4.74 Å². The summed E-state index contributed by atoms with van der Waals surface area (Å²) in [6.07, 6.45) is 1.77. The first-order valence-electron chi connectivity index (χ1n) is 6.44. The monoisotopic (exact) mass is 279 g/mol. The quantitative estimate of drug-likeness (QED) is 0.454. The minimum absolute atomic E-state index is 0.0718. The molecule has 0 N–H and O–H groups in total. The number of carbonyl (C=O) groups excluding carboxylic acids is 1. The van der Waals surface area contributed by atoms with Crippen molar-refractivity contribution in [1.82, 2.24) is 0 Å². The molecule has 0 radical (unpaired) electrons. The van der Waals surface area contributed by atoms with E-state index in [0.29, 0.717) is 23.7 Å². The average Bonchev–Trinajstić information content (AvgIpc) is 3.22.